The third kappa shape index (κ3) is 7.28. The number of aromatic amines is 1. The van der Waals surface area contributed by atoms with Crippen molar-refractivity contribution in [2.45, 2.75) is 69.7 Å². The maximum Gasteiger partial charge on any atom is 0.416 e. The number of anilines is 3. The molecule has 0 unspecified atom stereocenters. The van der Waals surface area contributed by atoms with Crippen molar-refractivity contribution in [1.29, 1.82) is 0 Å². The van der Waals surface area contributed by atoms with Crippen LogP contribution in [0.25, 0.3) is 11.1 Å². The molecule has 256 valence electrons. The zero-order valence-electron chi connectivity index (χ0n) is 25.7. The van der Waals surface area contributed by atoms with E-state index in [0.717, 1.165) is 12.1 Å². The summed E-state index contributed by atoms with van der Waals surface area (Å²) >= 11 is 6.64. The lowest BCUT2D eigenvalue weighted by Crippen LogP contribution is -2.39. The quantitative estimate of drug-likeness (QED) is 0.203. The van der Waals surface area contributed by atoms with Gasteiger partial charge in [-0.2, -0.15) is 36.4 Å². The summed E-state index contributed by atoms with van der Waals surface area (Å²) in [7, 11) is 0. The lowest BCUT2D eigenvalue weighted by atomic mass is 10.0. The molecular formula is C31H32ClF6N9O. The molecule has 2 N–H and O–H groups in total. The van der Waals surface area contributed by atoms with Crippen molar-refractivity contribution in [2.75, 3.05) is 34.3 Å². The van der Waals surface area contributed by atoms with Crippen molar-refractivity contribution >= 4 is 29.3 Å². The average Bonchev–Trinajstić information content (AvgIpc) is 3.75. The molecule has 5 heterocycles. The van der Waals surface area contributed by atoms with Crippen molar-refractivity contribution in [3.63, 3.8) is 0 Å². The van der Waals surface area contributed by atoms with Crippen molar-refractivity contribution in [1.82, 2.24) is 30.1 Å². The summed E-state index contributed by atoms with van der Waals surface area (Å²) in [4.78, 5) is 23.8. The van der Waals surface area contributed by atoms with E-state index in [9.17, 15) is 31.4 Å². The lowest BCUT2D eigenvalue weighted by molar-refractivity contribution is -0.143. The van der Waals surface area contributed by atoms with Gasteiger partial charge in [0, 0.05) is 61.9 Å². The summed E-state index contributed by atoms with van der Waals surface area (Å²) in [6.07, 6.45) is -0.310. The number of halogens is 7. The Labute approximate surface area is 276 Å². The standard InChI is InChI=1S/C31H32ClF6N9O/c1-2-23-10-24(17-46(23)27-26(32)15-41-29(44-27)45-5-3-25(48)4-6-45)47(28-39-11-19(12-40-28)20-13-42-43-14-20)16-18-7-21(30(33,34)35)9-22(8-18)31(36,37)38/h7-9,11-15,23-25,48H,2-6,10,16-17H2,1H3,(H,42,43)/t23-,24+/m1/s1. The normalized spacial score (nSPS) is 19.3. The van der Waals surface area contributed by atoms with E-state index in [4.69, 9.17) is 16.6 Å². The van der Waals surface area contributed by atoms with Crippen LogP contribution in [0.3, 0.4) is 0 Å². The van der Waals surface area contributed by atoms with E-state index >= 15 is 0 Å². The molecule has 48 heavy (non-hydrogen) atoms. The number of piperidine rings is 1. The molecule has 2 aliphatic rings. The van der Waals surface area contributed by atoms with Crippen molar-refractivity contribution in [3.05, 3.63) is 70.9 Å². The SMILES string of the molecule is CC[C@@H]1C[C@H](N(Cc2cc(C(F)(F)F)cc(C(F)(F)F)c2)c2ncc(-c3cn[nH]c3)cn2)CN1c1nc(N2CCC(O)CC2)ncc1Cl. The minimum absolute atomic E-state index is 0.117. The first kappa shape index (κ1) is 33.7. The number of nitrogens with zero attached hydrogens (tertiary/aromatic N) is 8. The van der Waals surface area contributed by atoms with Crippen LogP contribution in [-0.4, -0.2) is 73.1 Å². The Bertz CT molecular complexity index is 1660. The first-order chi connectivity index (χ1) is 22.8. The topological polar surface area (TPSA) is 110 Å². The zero-order valence-corrected chi connectivity index (χ0v) is 26.4. The van der Waals surface area contributed by atoms with Crippen LogP contribution in [0.5, 0.6) is 0 Å². The van der Waals surface area contributed by atoms with E-state index in [1.807, 2.05) is 16.7 Å². The molecule has 2 saturated heterocycles. The highest BCUT2D eigenvalue weighted by atomic mass is 35.5. The summed E-state index contributed by atoms with van der Waals surface area (Å²) in [6, 6.07) is 1.01. The highest BCUT2D eigenvalue weighted by Gasteiger charge is 2.40. The maximum absolute atomic E-state index is 13.8. The summed E-state index contributed by atoms with van der Waals surface area (Å²) in [5.41, 5.74) is -1.66. The smallest absolute Gasteiger partial charge is 0.393 e. The van der Waals surface area contributed by atoms with Gasteiger partial charge < -0.3 is 19.8 Å². The van der Waals surface area contributed by atoms with Crippen molar-refractivity contribution in [2.24, 2.45) is 0 Å². The summed E-state index contributed by atoms with van der Waals surface area (Å²) in [5, 5.41) is 16.9. The van der Waals surface area contributed by atoms with E-state index in [1.54, 1.807) is 17.3 Å². The number of hydrogen-bond donors (Lipinski definition) is 2. The van der Waals surface area contributed by atoms with Gasteiger partial charge in [-0.1, -0.05) is 18.5 Å². The molecular weight excluding hydrogens is 664 g/mol. The van der Waals surface area contributed by atoms with Gasteiger partial charge in [0.25, 0.3) is 0 Å². The molecule has 10 nitrogen and oxygen atoms in total. The van der Waals surface area contributed by atoms with Crippen LogP contribution in [0, 0.1) is 0 Å². The molecule has 2 fully saturated rings. The molecule has 2 aliphatic heterocycles. The van der Waals surface area contributed by atoms with Gasteiger partial charge in [0.2, 0.25) is 11.9 Å². The first-order valence-electron chi connectivity index (χ1n) is 15.4. The fraction of sp³-hybridized carbons (Fsp3) is 0.452. The number of aliphatic hydroxyl groups excluding tert-OH is 1. The molecule has 1 aromatic carbocycles. The summed E-state index contributed by atoms with van der Waals surface area (Å²) in [5.74, 6) is 1.06. The van der Waals surface area contributed by atoms with E-state index in [-0.39, 0.29) is 42.8 Å². The average molecular weight is 696 g/mol. The Morgan fingerprint density at radius 1 is 0.938 bits per heavy atom. The summed E-state index contributed by atoms with van der Waals surface area (Å²) in [6.45, 7) is 3.07. The predicted molar refractivity (Wildman–Crippen MR) is 167 cm³/mol. The molecule has 2 atom stereocenters. The van der Waals surface area contributed by atoms with Crippen LogP contribution >= 0.6 is 11.6 Å². The summed E-state index contributed by atoms with van der Waals surface area (Å²) < 4.78 is 82.7. The van der Waals surface area contributed by atoms with Gasteiger partial charge >= 0.3 is 12.4 Å². The number of alkyl halides is 6. The molecule has 0 radical (unpaired) electrons. The fourth-order valence-electron chi connectivity index (χ4n) is 6.23. The Hall–Kier alpha value is -4.18. The molecule has 0 bridgehead atoms. The monoisotopic (exact) mass is 695 g/mol. The predicted octanol–water partition coefficient (Wildman–Crippen LogP) is 6.37. The van der Waals surface area contributed by atoms with Crippen LogP contribution in [0.4, 0.5) is 44.1 Å². The highest BCUT2D eigenvalue weighted by Crippen LogP contribution is 2.39. The van der Waals surface area contributed by atoms with Crippen LogP contribution < -0.4 is 14.7 Å². The van der Waals surface area contributed by atoms with Gasteiger partial charge in [-0.05, 0) is 49.4 Å². The Morgan fingerprint density at radius 2 is 1.60 bits per heavy atom. The Kier molecular flexibility index (Phi) is 9.40. The molecule has 0 amide bonds. The number of benzene rings is 1. The molecule has 0 saturated carbocycles. The number of H-pyrrole nitrogens is 1. The van der Waals surface area contributed by atoms with Gasteiger partial charge in [-0.15, -0.1) is 0 Å². The minimum Gasteiger partial charge on any atom is -0.393 e. The van der Waals surface area contributed by atoms with E-state index in [1.165, 1.54) is 18.6 Å². The number of nitrogens with one attached hydrogen (secondary N) is 1. The molecule has 6 rings (SSSR count). The zero-order chi connectivity index (χ0) is 34.2. The third-order valence-corrected chi connectivity index (χ3v) is 9.03. The lowest BCUT2D eigenvalue weighted by Gasteiger charge is -2.32. The number of rotatable bonds is 8. The number of aliphatic hydroxyl groups is 1. The Morgan fingerprint density at radius 3 is 2.19 bits per heavy atom. The van der Waals surface area contributed by atoms with Gasteiger partial charge in [0.15, 0.2) is 5.82 Å². The molecule has 3 aromatic heterocycles. The van der Waals surface area contributed by atoms with Crippen LogP contribution in [-0.2, 0) is 18.9 Å². The number of hydrogen-bond acceptors (Lipinski definition) is 9. The van der Waals surface area contributed by atoms with Gasteiger partial charge in [-0.25, -0.2) is 15.0 Å². The largest absolute Gasteiger partial charge is 0.416 e. The fourth-order valence-corrected chi connectivity index (χ4v) is 6.43. The second kappa shape index (κ2) is 13.4. The highest BCUT2D eigenvalue weighted by molar-refractivity contribution is 6.32. The Balaban J connectivity index is 1.36. The van der Waals surface area contributed by atoms with Gasteiger partial charge in [-0.3, -0.25) is 5.10 Å². The third-order valence-electron chi connectivity index (χ3n) is 8.76. The van der Waals surface area contributed by atoms with E-state index < -0.39 is 29.5 Å². The molecule has 17 heteroatoms. The van der Waals surface area contributed by atoms with Gasteiger partial charge in [0.05, 0.1) is 35.7 Å². The molecule has 4 aromatic rings. The van der Waals surface area contributed by atoms with Crippen LogP contribution in [0.1, 0.15) is 49.3 Å². The molecule has 0 aliphatic carbocycles. The maximum atomic E-state index is 13.8. The number of aromatic nitrogens is 6. The second-order valence-electron chi connectivity index (χ2n) is 12.0. The van der Waals surface area contributed by atoms with Crippen LogP contribution in [0.2, 0.25) is 5.02 Å². The minimum atomic E-state index is -4.99. The van der Waals surface area contributed by atoms with E-state index in [0.29, 0.717) is 66.7 Å². The van der Waals surface area contributed by atoms with Crippen molar-refractivity contribution in [3.8, 4) is 11.1 Å². The van der Waals surface area contributed by atoms with Crippen molar-refractivity contribution < 1.29 is 31.4 Å². The van der Waals surface area contributed by atoms with Gasteiger partial charge in [0.1, 0.15) is 5.02 Å². The molecule has 0 spiro atoms. The van der Waals surface area contributed by atoms with E-state index in [2.05, 4.69) is 25.1 Å². The first-order valence-corrected chi connectivity index (χ1v) is 15.8. The van der Waals surface area contributed by atoms with Crippen LogP contribution in [0.15, 0.2) is 49.2 Å². The second-order valence-corrected chi connectivity index (χ2v) is 12.4.